The molecule has 0 bridgehead atoms. The highest BCUT2D eigenvalue weighted by Gasteiger charge is 2.41. The Balaban J connectivity index is 2.35. The van der Waals surface area contributed by atoms with Gasteiger partial charge in [0, 0.05) is 9.89 Å². The zero-order chi connectivity index (χ0) is 10.9. The number of halogens is 1. The van der Waals surface area contributed by atoms with E-state index in [1.54, 1.807) is 6.21 Å². The fraction of sp³-hybridized carbons (Fsp3) is 0.417. The van der Waals surface area contributed by atoms with Gasteiger partial charge in [-0.1, -0.05) is 35.0 Å². The first-order valence-electron chi connectivity index (χ1n) is 5.11. The van der Waals surface area contributed by atoms with Crippen molar-refractivity contribution in [1.29, 1.82) is 0 Å². The molecule has 0 spiro atoms. The smallest absolute Gasteiger partial charge is 0.0541 e. The lowest BCUT2D eigenvalue weighted by molar-refractivity contribution is 0.315. The molecule has 80 valence electrons. The predicted octanol–water partition coefficient (Wildman–Crippen LogP) is 3.58. The van der Waals surface area contributed by atoms with Gasteiger partial charge in [0.1, 0.15) is 0 Å². The van der Waals surface area contributed by atoms with Crippen molar-refractivity contribution in [1.82, 2.24) is 0 Å². The van der Waals surface area contributed by atoms with E-state index >= 15 is 0 Å². The Bertz CT molecular complexity index is 370. The highest BCUT2D eigenvalue weighted by atomic mass is 79.9. The molecular formula is C12H14BrNO. The quantitative estimate of drug-likeness (QED) is 0.507. The Labute approximate surface area is 98.1 Å². The standard InChI is InChI=1S/C12H14BrNO/c1-12(8-14-15,9-2-3-9)10-4-6-11(13)7-5-10/h4-9,15H,2-3H2,1H3/b14-8-/t12-/m1/s1. The predicted molar refractivity (Wildman–Crippen MR) is 64.5 cm³/mol. The summed E-state index contributed by atoms with van der Waals surface area (Å²) in [5.74, 6) is 0.620. The third-order valence-corrected chi connectivity index (χ3v) is 3.75. The van der Waals surface area contributed by atoms with Crippen molar-refractivity contribution in [2.45, 2.75) is 25.2 Å². The van der Waals surface area contributed by atoms with E-state index in [9.17, 15) is 0 Å². The minimum Gasteiger partial charge on any atom is -0.411 e. The summed E-state index contributed by atoms with van der Waals surface area (Å²) < 4.78 is 1.07. The van der Waals surface area contributed by atoms with Crippen LogP contribution in [0.1, 0.15) is 25.3 Å². The van der Waals surface area contributed by atoms with Gasteiger partial charge in [0.05, 0.1) is 6.21 Å². The molecule has 1 atom stereocenters. The van der Waals surface area contributed by atoms with E-state index in [1.165, 1.54) is 18.4 Å². The molecule has 0 radical (unpaired) electrons. The van der Waals surface area contributed by atoms with Crippen LogP contribution in [0.15, 0.2) is 33.9 Å². The Morgan fingerprint density at radius 3 is 2.47 bits per heavy atom. The van der Waals surface area contributed by atoms with Crippen LogP contribution in [0.3, 0.4) is 0 Å². The van der Waals surface area contributed by atoms with Gasteiger partial charge in [0.15, 0.2) is 0 Å². The summed E-state index contributed by atoms with van der Waals surface area (Å²) in [5.41, 5.74) is 1.10. The fourth-order valence-electron chi connectivity index (χ4n) is 2.03. The lowest BCUT2D eigenvalue weighted by Crippen LogP contribution is -2.26. The summed E-state index contributed by atoms with van der Waals surface area (Å²) in [4.78, 5) is 0. The molecule has 0 aromatic heterocycles. The monoisotopic (exact) mass is 267 g/mol. The molecule has 15 heavy (non-hydrogen) atoms. The topological polar surface area (TPSA) is 32.6 Å². The lowest BCUT2D eigenvalue weighted by atomic mass is 9.79. The van der Waals surface area contributed by atoms with Crippen LogP contribution in [-0.2, 0) is 5.41 Å². The number of nitrogens with zero attached hydrogens (tertiary/aromatic N) is 1. The average Bonchev–Trinajstić information content (AvgIpc) is 3.02. The second kappa shape index (κ2) is 3.97. The minimum atomic E-state index is -0.116. The first-order chi connectivity index (χ1) is 7.16. The maximum Gasteiger partial charge on any atom is 0.0541 e. The summed E-state index contributed by atoms with van der Waals surface area (Å²) in [5, 5.41) is 12.0. The molecule has 1 aromatic carbocycles. The molecule has 1 fully saturated rings. The van der Waals surface area contributed by atoms with Gasteiger partial charge in [-0.2, -0.15) is 0 Å². The Morgan fingerprint density at radius 1 is 1.40 bits per heavy atom. The van der Waals surface area contributed by atoms with Crippen molar-refractivity contribution in [3.05, 3.63) is 34.3 Å². The molecule has 0 unspecified atom stereocenters. The average molecular weight is 268 g/mol. The molecule has 2 nitrogen and oxygen atoms in total. The lowest BCUT2D eigenvalue weighted by Gasteiger charge is -2.24. The number of benzene rings is 1. The summed E-state index contributed by atoms with van der Waals surface area (Å²) in [6.07, 6.45) is 4.10. The molecule has 1 aromatic rings. The number of rotatable bonds is 3. The third kappa shape index (κ3) is 2.07. The van der Waals surface area contributed by atoms with E-state index in [-0.39, 0.29) is 5.41 Å². The molecule has 1 aliphatic carbocycles. The van der Waals surface area contributed by atoms with Crippen LogP contribution in [0.2, 0.25) is 0 Å². The molecule has 1 saturated carbocycles. The number of hydrogen-bond acceptors (Lipinski definition) is 2. The zero-order valence-electron chi connectivity index (χ0n) is 8.65. The molecule has 0 heterocycles. The van der Waals surface area contributed by atoms with E-state index < -0.39 is 0 Å². The number of oxime groups is 1. The molecule has 3 heteroatoms. The highest BCUT2D eigenvalue weighted by molar-refractivity contribution is 9.10. The van der Waals surface area contributed by atoms with E-state index in [2.05, 4.69) is 40.1 Å². The fourth-order valence-corrected chi connectivity index (χ4v) is 2.29. The number of hydrogen-bond donors (Lipinski definition) is 1. The second-order valence-electron chi connectivity index (χ2n) is 4.31. The first kappa shape index (κ1) is 10.7. The van der Waals surface area contributed by atoms with Crippen LogP contribution in [0, 0.1) is 5.92 Å². The first-order valence-corrected chi connectivity index (χ1v) is 5.91. The summed E-state index contributed by atoms with van der Waals surface area (Å²) >= 11 is 3.42. The van der Waals surface area contributed by atoms with Gasteiger partial charge in [-0.15, -0.1) is 5.16 Å². The molecule has 0 aliphatic heterocycles. The van der Waals surface area contributed by atoms with Gasteiger partial charge >= 0.3 is 0 Å². The SMILES string of the molecule is C[C@](/C=N\O)(c1ccc(Br)cc1)C1CC1. The van der Waals surface area contributed by atoms with Gasteiger partial charge in [-0.25, -0.2) is 0 Å². The largest absolute Gasteiger partial charge is 0.411 e. The Kier molecular flexibility index (Phi) is 2.83. The Morgan fingerprint density at radius 2 is 2.00 bits per heavy atom. The summed E-state index contributed by atoms with van der Waals surface area (Å²) in [6.45, 7) is 2.13. The minimum absolute atomic E-state index is 0.116. The van der Waals surface area contributed by atoms with Crippen molar-refractivity contribution in [2.24, 2.45) is 11.1 Å². The summed E-state index contributed by atoms with van der Waals surface area (Å²) in [6, 6.07) is 8.23. The summed E-state index contributed by atoms with van der Waals surface area (Å²) in [7, 11) is 0. The van der Waals surface area contributed by atoms with Crippen molar-refractivity contribution >= 4 is 22.1 Å². The molecule has 1 N–H and O–H groups in total. The van der Waals surface area contributed by atoms with Gasteiger partial charge in [0.2, 0.25) is 0 Å². The van der Waals surface area contributed by atoms with Crippen LogP contribution in [0.25, 0.3) is 0 Å². The van der Waals surface area contributed by atoms with Crippen molar-refractivity contribution in [3.63, 3.8) is 0 Å². The van der Waals surface area contributed by atoms with Gasteiger partial charge in [-0.3, -0.25) is 0 Å². The normalized spacial score (nSPS) is 20.4. The van der Waals surface area contributed by atoms with Crippen molar-refractivity contribution in [2.75, 3.05) is 0 Å². The van der Waals surface area contributed by atoms with Crippen LogP contribution in [-0.4, -0.2) is 11.4 Å². The zero-order valence-corrected chi connectivity index (χ0v) is 10.2. The van der Waals surface area contributed by atoms with Crippen molar-refractivity contribution < 1.29 is 5.21 Å². The molecule has 1 aliphatic rings. The maximum atomic E-state index is 8.75. The molecular weight excluding hydrogens is 254 g/mol. The van der Waals surface area contributed by atoms with Crippen molar-refractivity contribution in [3.8, 4) is 0 Å². The Hall–Kier alpha value is -0.830. The van der Waals surface area contributed by atoms with Gasteiger partial charge < -0.3 is 5.21 Å². The van der Waals surface area contributed by atoms with E-state index in [0.717, 1.165) is 4.47 Å². The van der Waals surface area contributed by atoms with Crippen LogP contribution >= 0.6 is 15.9 Å². The highest BCUT2D eigenvalue weighted by Crippen LogP contribution is 2.46. The van der Waals surface area contributed by atoms with E-state index in [1.807, 2.05) is 12.1 Å². The van der Waals surface area contributed by atoms with E-state index in [0.29, 0.717) is 5.92 Å². The van der Waals surface area contributed by atoms with Gasteiger partial charge in [-0.05, 0) is 36.5 Å². The van der Waals surface area contributed by atoms with Crippen LogP contribution in [0.5, 0.6) is 0 Å². The van der Waals surface area contributed by atoms with Gasteiger partial charge in [0.25, 0.3) is 0 Å². The van der Waals surface area contributed by atoms with E-state index in [4.69, 9.17) is 5.21 Å². The molecule has 0 amide bonds. The maximum absolute atomic E-state index is 8.75. The van der Waals surface area contributed by atoms with Crippen LogP contribution < -0.4 is 0 Å². The van der Waals surface area contributed by atoms with Crippen LogP contribution in [0.4, 0.5) is 0 Å². The second-order valence-corrected chi connectivity index (χ2v) is 5.22. The third-order valence-electron chi connectivity index (χ3n) is 3.22. The molecule has 0 saturated heterocycles. The molecule has 2 rings (SSSR count).